The van der Waals surface area contributed by atoms with E-state index in [2.05, 4.69) is 0 Å². The van der Waals surface area contributed by atoms with Crippen molar-refractivity contribution >= 4 is 22.7 Å². The van der Waals surface area contributed by atoms with Gasteiger partial charge in [0.05, 0.1) is 78.1 Å². The van der Waals surface area contributed by atoms with Crippen LogP contribution in [0.25, 0.3) is 0 Å². The summed E-state index contributed by atoms with van der Waals surface area (Å²) in [5, 5.41) is 264. The Labute approximate surface area is 601 Å². The highest BCUT2D eigenvalue weighted by atomic mass is 19.4. The average Bonchev–Trinajstić information content (AvgIpc) is 0.758. The summed E-state index contributed by atoms with van der Waals surface area (Å²) in [6, 6.07) is -1.26. The Hall–Kier alpha value is -6.10. The number of rotatable bonds is 15. The van der Waals surface area contributed by atoms with E-state index >= 15 is 26.3 Å². The Morgan fingerprint density at radius 1 is 0.294 bits per heavy atom. The number of nitro benzene ring substituents is 4. The van der Waals surface area contributed by atoms with Crippen LogP contribution in [0.4, 0.5) is 49.1 Å². The number of hydrogen-bond donors (Lipinski definition) is 19. The Morgan fingerprint density at radius 2 is 0.495 bits per heavy atom. The van der Waals surface area contributed by atoms with Crippen molar-refractivity contribution in [2.75, 3.05) is 46.2 Å². The van der Waals surface area contributed by atoms with Crippen LogP contribution in [0.1, 0.15) is 11.1 Å². The quantitative estimate of drug-likeness (QED) is 0.0447. The van der Waals surface area contributed by atoms with Crippen molar-refractivity contribution in [3.8, 4) is 11.5 Å². The first-order valence-electron chi connectivity index (χ1n) is 32.3. The van der Waals surface area contributed by atoms with Crippen LogP contribution >= 0.6 is 0 Å². The van der Waals surface area contributed by atoms with Crippen LogP contribution in [0, 0.1) is 40.5 Å². The van der Waals surface area contributed by atoms with Crippen LogP contribution in [-0.2, 0) is 78.7 Å². The van der Waals surface area contributed by atoms with E-state index in [9.17, 15) is 137 Å². The van der Waals surface area contributed by atoms with Gasteiger partial charge in [-0.1, -0.05) is 0 Å². The van der Waals surface area contributed by atoms with E-state index < -0.39 is 351 Å². The zero-order chi connectivity index (χ0) is 80.2. The van der Waals surface area contributed by atoms with Gasteiger partial charge in [0.15, 0.2) is 56.2 Å². The van der Waals surface area contributed by atoms with Gasteiger partial charge in [0.2, 0.25) is 11.5 Å². The average molecular weight is 1600 g/mol. The van der Waals surface area contributed by atoms with E-state index in [4.69, 9.17) is 75.8 Å². The molecule has 21 saturated heterocycles. The molecular weight excluding hydrogens is 1530 g/mol. The molecule has 0 amide bonds. The first kappa shape index (κ1) is 85.3. The van der Waals surface area contributed by atoms with Crippen molar-refractivity contribution in [3.63, 3.8) is 0 Å². The molecule has 21 heterocycles. The summed E-state index contributed by atoms with van der Waals surface area (Å²) in [6.07, 6.45) is -99.7. The summed E-state index contributed by atoms with van der Waals surface area (Å²) >= 11 is 0. The van der Waals surface area contributed by atoms with E-state index in [1.165, 1.54) is 0 Å². The van der Waals surface area contributed by atoms with E-state index in [-0.39, 0.29) is 12.1 Å². The molecule has 2 aromatic rings. The van der Waals surface area contributed by atoms with Crippen LogP contribution in [0.15, 0.2) is 24.3 Å². The van der Waals surface area contributed by atoms with Crippen molar-refractivity contribution in [3.05, 3.63) is 75.8 Å². The van der Waals surface area contributed by atoms with E-state index in [0.717, 1.165) is 0 Å². The maximum absolute atomic E-state index is 15.5. The molecule has 21 fully saturated rings. The first-order valence-corrected chi connectivity index (χ1v) is 32.3. The van der Waals surface area contributed by atoms with Gasteiger partial charge < -0.3 is 173 Å². The largest absolute Gasteiger partial charge is 0.476 e. The lowest BCUT2D eigenvalue weighted by Crippen LogP contribution is -2.69. The number of nitrogens with zero attached hydrogens (tertiary/aromatic N) is 4. The number of halogens is 6. The normalized spacial score (nSPS) is 42.7. The van der Waals surface area contributed by atoms with Crippen molar-refractivity contribution in [2.24, 2.45) is 0 Å². The molecule has 616 valence electrons. The van der Waals surface area contributed by atoms with Gasteiger partial charge in [0.1, 0.15) is 170 Å². The van der Waals surface area contributed by atoms with Gasteiger partial charge in [-0.3, -0.25) is 40.5 Å². The molecule has 47 nitrogen and oxygen atoms in total. The van der Waals surface area contributed by atoms with E-state index in [0.29, 0.717) is 0 Å². The molecule has 35 unspecified atom stereocenters. The zero-order valence-electron chi connectivity index (χ0n) is 54.8. The van der Waals surface area contributed by atoms with Crippen molar-refractivity contribution in [1.29, 1.82) is 0 Å². The SMILES string of the molecule is O=[N+]([O-])c1cc([N+](=O)[O-])c(OC2C3OC(CO)C(OC4OC(CO)C(OC5OC(CO)C(OC6OC(CO)C(OC7OC(CO)C(OC8OC(CO)C(OC9OC(CO)C(O3)C(O)C9O)C(O)C8O)C(O)C7O)C(O)C6O)C(O)C5O)C(O)C4O)C2Oc2c([N+](=O)[O-])cc([N+](=O)[O-])cc2C(F)(F)F)c(C(F)(F)F)c1. The summed E-state index contributed by atoms with van der Waals surface area (Å²) in [7, 11) is 0. The standard InChI is InChI=1S/C56H72F6N4O43/c57-55(58,59)14-1-12(63(86)87)3-16(65(90)91)37(14)101-46-45-24(11-73)100-54(47(46)102-38-15(56(60,61)62)2-13(64(88)89)4-17(38)66(92)93)108-44-23(10-72)98-52(35(84)30(44)79)106-42-21(8-70)96-50(33(82)28(42)77)104-40-19(6-68)94-48(31(80)26(40)75)103-39-18(5-67)95-49(32(81)25(39)74)105-41-20(7-69)97-51(34(83)27(41)76)107-43-22(9-71)99-53(109-45)36(85)29(43)78/h1-4,18-36,39-54,67-85H,5-11H2. The molecule has 23 rings (SSSR count). The lowest BCUT2D eigenvalue weighted by atomic mass is 9.94. The third-order valence-corrected chi connectivity index (χ3v) is 18.8. The molecule has 0 aromatic heterocycles. The highest BCUT2D eigenvalue weighted by Crippen LogP contribution is 2.50. The first-order chi connectivity index (χ1) is 51.3. The number of non-ortho nitro benzene ring substituents is 2. The predicted octanol–water partition coefficient (Wildman–Crippen LogP) is -9.39. The highest BCUT2D eigenvalue weighted by Gasteiger charge is 2.62. The Balaban J connectivity index is 1.12. The number of aliphatic hydroxyl groups is 19. The maximum atomic E-state index is 15.5. The predicted molar refractivity (Wildman–Crippen MR) is 315 cm³/mol. The van der Waals surface area contributed by atoms with Crippen molar-refractivity contribution in [2.45, 2.75) is 227 Å². The van der Waals surface area contributed by atoms with E-state index in [1.54, 1.807) is 0 Å². The fourth-order valence-electron chi connectivity index (χ4n) is 13.3. The fraction of sp³-hybridized carbons (Fsp3) is 0.786. The number of benzene rings is 2. The molecule has 109 heavy (non-hydrogen) atoms. The van der Waals surface area contributed by atoms with Gasteiger partial charge in [0, 0.05) is 12.1 Å². The highest BCUT2D eigenvalue weighted by molar-refractivity contribution is 5.61. The second-order valence-electron chi connectivity index (χ2n) is 25.5. The third kappa shape index (κ3) is 17.1. The molecule has 2 aromatic carbocycles. The molecular formula is C56H72F6N4O43. The molecule has 14 bridgehead atoms. The second-order valence-corrected chi connectivity index (χ2v) is 25.5. The van der Waals surface area contributed by atoms with Crippen molar-refractivity contribution in [1.82, 2.24) is 0 Å². The second kappa shape index (κ2) is 34.3. The summed E-state index contributed by atoms with van der Waals surface area (Å²) < 4.78 is 184. The molecule has 35 atom stereocenters. The fourth-order valence-corrected chi connectivity index (χ4v) is 13.3. The summed E-state index contributed by atoms with van der Waals surface area (Å²) in [4.78, 5) is 43.1. The minimum Gasteiger partial charge on any atom is -0.476 e. The van der Waals surface area contributed by atoms with E-state index in [1.807, 2.05) is 0 Å². The third-order valence-electron chi connectivity index (χ3n) is 18.8. The molecule has 21 aliphatic rings. The number of alkyl halides is 6. The molecule has 53 heteroatoms. The van der Waals surface area contributed by atoms with Gasteiger partial charge in [-0.25, -0.2) is 0 Å². The van der Waals surface area contributed by atoms with Gasteiger partial charge in [-0.15, -0.1) is 0 Å². The lowest BCUT2D eigenvalue weighted by molar-refractivity contribution is -0.400. The minimum atomic E-state index is -6.13. The molecule has 0 radical (unpaired) electrons. The molecule has 0 spiro atoms. The van der Waals surface area contributed by atoms with Gasteiger partial charge in [-0.2, -0.15) is 26.3 Å². The van der Waals surface area contributed by atoms with Crippen LogP contribution in [0.3, 0.4) is 0 Å². The van der Waals surface area contributed by atoms with Crippen LogP contribution < -0.4 is 9.47 Å². The Bertz CT molecular complexity index is 3480. The van der Waals surface area contributed by atoms with Crippen LogP contribution in [0.2, 0.25) is 0 Å². The van der Waals surface area contributed by atoms with Gasteiger partial charge >= 0.3 is 23.7 Å². The summed E-state index contributed by atoms with van der Waals surface area (Å²) in [5.41, 5.74) is -12.9. The number of aliphatic hydroxyl groups excluding tert-OH is 19. The van der Waals surface area contributed by atoms with Gasteiger partial charge in [0.25, 0.3) is 11.4 Å². The van der Waals surface area contributed by atoms with Crippen LogP contribution in [0.5, 0.6) is 11.5 Å². The molecule has 19 N–H and O–H groups in total. The number of hydrogen-bond acceptors (Lipinski definition) is 43. The molecule has 0 saturated carbocycles. The van der Waals surface area contributed by atoms with Gasteiger partial charge in [-0.05, 0) is 0 Å². The maximum Gasteiger partial charge on any atom is 0.420 e. The zero-order valence-corrected chi connectivity index (χ0v) is 54.8. The lowest BCUT2D eigenvalue weighted by Gasteiger charge is -2.51. The number of nitro groups is 4. The smallest absolute Gasteiger partial charge is 0.420 e. The summed E-state index contributed by atoms with van der Waals surface area (Å²) in [6.45, 7) is -9.92. The van der Waals surface area contributed by atoms with Crippen molar-refractivity contribution < 1.29 is 219 Å². The Kier molecular flexibility index (Phi) is 26.9. The number of ether oxygens (including phenoxy) is 16. The molecule has 0 aliphatic carbocycles. The molecule has 21 aliphatic heterocycles. The topological polar surface area (TPSA) is 705 Å². The Morgan fingerprint density at radius 3 is 0.706 bits per heavy atom. The monoisotopic (exact) mass is 1600 g/mol. The minimum absolute atomic E-state index is 0.201. The van der Waals surface area contributed by atoms with Crippen LogP contribution in [-0.4, -0.2) is 378 Å². The summed E-state index contributed by atoms with van der Waals surface area (Å²) in [5.74, 6) is -4.55.